The predicted octanol–water partition coefficient (Wildman–Crippen LogP) is -1.84. The molecule has 0 aliphatic carbocycles. The van der Waals surface area contributed by atoms with Crippen molar-refractivity contribution in [2.45, 2.75) is 0 Å². The molecule has 0 rings (SSSR count). The SMILES string of the molecule is [AlH3].[Co].[LiH].[Ni].[W]. The summed E-state index contributed by atoms with van der Waals surface area (Å²) in [6, 6.07) is 0. The quantitative estimate of drug-likeness (QED) is 0.455. The topological polar surface area (TPSA) is 0 Å². The van der Waals surface area contributed by atoms with Crippen LogP contribution in [0.15, 0.2) is 0 Å². The van der Waals surface area contributed by atoms with Crippen LogP contribution in [-0.4, -0.2) is 36.2 Å². The van der Waals surface area contributed by atoms with Gasteiger partial charge in [0, 0.05) is 54.3 Å². The van der Waals surface area contributed by atoms with Gasteiger partial charge in [0.05, 0.1) is 0 Å². The first-order chi connectivity index (χ1) is 0. The summed E-state index contributed by atoms with van der Waals surface area (Å²) in [5.74, 6) is 0. The third-order valence-electron chi connectivity index (χ3n) is 0. The molecular weight excluding hydrogens is 335 g/mol. The Balaban J connectivity index is 0. The minimum atomic E-state index is 0. The van der Waals surface area contributed by atoms with Gasteiger partial charge in [-0.05, 0) is 0 Å². The summed E-state index contributed by atoms with van der Waals surface area (Å²) < 4.78 is 0. The Morgan fingerprint density at radius 2 is 1.00 bits per heavy atom. The Morgan fingerprint density at radius 3 is 1.00 bits per heavy atom. The van der Waals surface area contributed by atoms with Gasteiger partial charge in [-0.15, -0.1) is 0 Å². The van der Waals surface area contributed by atoms with Crippen LogP contribution in [0.1, 0.15) is 0 Å². The Hall–Kier alpha value is 2.82. The first kappa shape index (κ1) is 45.8. The molecule has 0 aliphatic rings. The molecule has 0 amide bonds. The van der Waals surface area contributed by atoms with Crippen LogP contribution in [0.5, 0.6) is 0 Å². The molecule has 5 heavy (non-hydrogen) atoms. The fraction of sp³-hybridized carbons (Fsp3) is 0. The van der Waals surface area contributed by atoms with Gasteiger partial charge in [0.25, 0.3) is 0 Å². The second-order valence-electron chi connectivity index (χ2n) is 0. The van der Waals surface area contributed by atoms with E-state index in [9.17, 15) is 0 Å². The molecule has 0 spiro atoms. The molecule has 0 heterocycles. The van der Waals surface area contributed by atoms with Crippen LogP contribution < -0.4 is 0 Å². The van der Waals surface area contributed by atoms with E-state index in [1.807, 2.05) is 0 Å². The van der Waals surface area contributed by atoms with E-state index in [2.05, 4.69) is 0 Å². The third kappa shape index (κ3) is 19.9. The molecule has 0 fully saturated rings. The molecule has 0 N–H and O–H groups in total. The van der Waals surface area contributed by atoms with Gasteiger partial charge in [-0.1, -0.05) is 0 Å². The fourth-order valence-corrected chi connectivity index (χ4v) is 0. The molecule has 0 aromatic rings. The summed E-state index contributed by atoms with van der Waals surface area (Å²) in [6.45, 7) is 0. The Bertz CT molecular complexity index is 11.6. The zero-order valence-corrected chi connectivity index (χ0v) is 6.02. The van der Waals surface area contributed by atoms with Crippen molar-refractivity contribution in [3.63, 3.8) is 0 Å². The minimum absolute atomic E-state index is 0. The second-order valence-corrected chi connectivity index (χ2v) is 0. The van der Waals surface area contributed by atoms with Gasteiger partial charge >= 0.3 is 18.9 Å². The molecule has 0 saturated carbocycles. The monoisotopic (exact) mass is 339 g/mol. The van der Waals surface area contributed by atoms with E-state index >= 15 is 0 Å². The first-order valence-electron chi connectivity index (χ1n) is 0. The van der Waals surface area contributed by atoms with E-state index in [4.69, 9.17) is 0 Å². The molecule has 0 aromatic carbocycles. The van der Waals surface area contributed by atoms with Gasteiger partial charge < -0.3 is 0 Å². The van der Waals surface area contributed by atoms with E-state index in [1.165, 1.54) is 0 Å². The van der Waals surface area contributed by atoms with Gasteiger partial charge in [0.2, 0.25) is 0 Å². The van der Waals surface area contributed by atoms with Crippen LogP contribution in [0.2, 0.25) is 0 Å². The van der Waals surface area contributed by atoms with Gasteiger partial charge in [0.1, 0.15) is 0 Å². The maximum atomic E-state index is 0. The number of hydrogen-bond donors (Lipinski definition) is 0. The predicted molar refractivity (Wildman–Crippen MR) is 17.1 cm³/mol. The van der Waals surface area contributed by atoms with Crippen molar-refractivity contribution in [1.82, 2.24) is 0 Å². The van der Waals surface area contributed by atoms with Gasteiger partial charge in [-0.2, -0.15) is 0 Å². The Labute approximate surface area is 89.3 Å². The molecule has 5 heteroatoms. The standard InChI is InChI=1S/Al.Co.Li.Ni.W.4H. The molecular formula is H4AlCoLiNiW. The van der Waals surface area contributed by atoms with Crippen LogP contribution in [0, 0.1) is 0 Å². The summed E-state index contributed by atoms with van der Waals surface area (Å²) in [4.78, 5) is 0. The molecule has 0 bridgehead atoms. The molecule has 1 radical (unpaired) electrons. The molecule has 0 aliphatic heterocycles. The molecule has 0 atom stereocenters. The number of rotatable bonds is 0. The van der Waals surface area contributed by atoms with E-state index in [-0.39, 0.29) is 90.6 Å². The Kier molecular flexibility index (Phi) is 266. The van der Waals surface area contributed by atoms with E-state index < -0.39 is 0 Å². The molecule has 0 nitrogen and oxygen atoms in total. The van der Waals surface area contributed by atoms with E-state index in [1.54, 1.807) is 0 Å². The van der Waals surface area contributed by atoms with Crippen LogP contribution in [0.25, 0.3) is 0 Å². The Morgan fingerprint density at radius 1 is 1.00 bits per heavy atom. The molecule has 0 saturated heterocycles. The average Bonchev–Trinajstić information content (AvgIpc) is 0. The van der Waals surface area contributed by atoms with Crippen LogP contribution >= 0.6 is 0 Å². The summed E-state index contributed by atoms with van der Waals surface area (Å²) in [5, 5.41) is 0. The summed E-state index contributed by atoms with van der Waals surface area (Å²) >= 11 is 0. The molecule has 0 unspecified atom stereocenters. The normalized spacial score (nSPS) is 0. The number of hydrogen-bond acceptors (Lipinski definition) is 0. The van der Waals surface area contributed by atoms with Crippen LogP contribution in [-0.2, 0) is 54.3 Å². The minimum Gasteiger partial charge on any atom is 0 e. The van der Waals surface area contributed by atoms with Crippen molar-refractivity contribution < 1.29 is 54.3 Å². The van der Waals surface area contributed by atoms with E-state index in [0.717, 1.165) is 0 Å². The van der Waals surface area contributed by atoms with Crippen molar-refractivity contribution in [3.05, 3.63) is 0 Å². The van der Waals surface area contributed by atoms with Crippen molar-refractivity contribution in [3.8, 4) is 0 Å². The average molecular weight is 339 g/mol. The maximum absolute atomic E-state index is 0. The maximum Gasteiger partial charge on any atom is 0 e. The summed E-state index contributed by atoms with van der Waals surface area (Å²) in [6.07, 6.45) is 0. The van der Waals surface area contributed by atoms with Crippen LogP contribution in [0.3, 0.4) is 0 Å². The first-order valence-corrected chi connectivity index (χ1v) is 0. The van der Waals surface area contributed by atoms with Gasteiger partial charge in [-0.25, -0.2) is 0 Å². The molecule has 33 valence electrons. The zero-order chi connectivity index (χ0) is 0. The third-order valence-corrected chi connectivity index (χ3v) is 0. The van der Waals surface area contributed by atoms with Gasteiger partial charge in [0.15, 0.2) is 17.4 Å². The zero-order valence-electron chi connectivity index (χ0n) is 1.06. The van der Waals surface area contributed by atoms with Crippen molar-refractivity contribution in [2.24, 2.45) is 0 Å². The van der Waals surface area contributed by atoms with Crippen molar-refractivity contribution in [1.29, 1.82) is 0 Å². The smallest absolute Gasteiger partial charge is 0 e. The summed E-state index contributed by atoms with van der Waals surface area (Å²) in [5.41, 5.74) is 0. The van der Waals surface area contributed by atoms with Crippen molar-refractivity contribution >= 4 is 36.2 Å². The summed E-state index contributed by atoms with van der Waals surface area (Å²) in [7, 11) is 0. The van der Waals surface area contributed by atoms with Gasteiger partial charge in [-0.3, -0.25) is 0 Å². The fourth-order valence-electron chi connectivity index (χ4n) is 0. The van der Waals surface area contributed by atoms with E-state index in [0.29, 0.717) is 0 Å². The van der Waals surface area contributed by atoms with Crippen molar-refractivity contribution in [2.75, 3.05) is 0 Å². The van der Waals surface area contributed by atoms with Crippen LogP contribution in [0.4, 0.5) is 0 Å². The second kappa shape index (κ2) is 29.1. The molecule has 0 aromatic heterocycles. The largest absolute Gasteiger partial charge is 0 e.